The zero-order valence-corrected chi connectivity index (χ0v) is 16.8. The average molecular weight is 400 g/mol. The fourth-order valence-electron chi connectivity index (χ4n) is 3.35. The predicted octanol–water partition coefficient (Wildman–Crippen LogP) is 5.23. The summed E-state index contributed by atoms with van der Waals surface area (Å²) in [6, 6.07) is 10.0. The van der Waals surface area contributed by atoms with Crippen LogP contribution < -0.4 is 0 Å². The summed E-state index contributed by atoms with van der Waals surface area (Å²) < 4.78 is 31.4. The van der Waals surface area contributed by atoms with Gasteiger partial charge >= 0.3 is 0 Å². The number of unbranched alkanes of at least 4 members (excludes halogenated alkanes) is 2. The van der Waals surface area contributed by atoms with Crippen molar-refractivity contribution in [3.63, 3.8) is 0 Å². The van der Waals surface area contributed by atoms with Crippen LogP contribution >= 0.6 is 0 Å². The molecule has 6 heteroatoms. The van der Waals surface area contributed by atoms with Gasteiger partial charge in [-0.1, -0.05) is 49.6 Å². The van der Waals surface area contributed by atoms with Gasteiger partial charge in [-0.25, -0.2) is 8.42 Å². The number of phenolic OH excluding ortho intramolecular Hbond substituents is 2. The number of sulfone groups is 1. The first-order chi connectivity index (χ1) is 13.4. The van der Waals surface area contributed by atoms with E-state index in [1.807, 2.05) is 13.0 Å². The lowest BCUT2D eigenvalue weighted by molar-refractivity contribution is 0.440. The molecule has 0 radical (unpaired) electrons. The maximum Gasteiger partial charge on any atom is 0.213 e. The second kappa shape index (κ2) is 8.10. The van der Waals surface area contributed by atoms with Gasteiger partial charge in [0, 0.05) is 0 Å². The molecule has 5 nitrogen and oxygen atoms in total. The van der Waals surface area contributed by atoms with E-state index < -0.39 is 15.6 Å². The van der Waals surface area contributed by atoms with Crippen LogP contribution in [0.2, 0.25) is 0 Å². The van der Waals surface area contributed by atoms with Crippen molar-refractivity contribution >= 4 is 9.84 Å². The van der Waals surface area contributed by atoms with Gasteiger partial charge in [-0.3, -0.25) is 0 Å². The lowest BCUT2D eigenvalue weighted by Gasteiger charge is -2.17. The zero-order valence-electron chi connectivity index (χ0n) is 16.0. The first-order valence-electron chi connectivity index (χ1n) is 9.28. The third kappa shape index (κ3) is 3.78. The first kappa shape index (κ1) is 20.0. The third-order valence-electron chi connectivity index (χ3n) is 4.74. The topological polar surface area (TPSA) is 87.7 Å². The monoisotopic (exact) mass is 400 g/mol. The Morgan fingerprint density at radius 1 is 1.07 bits per heavy atom. The molecule has 1 aromatic heterocycles. The number of rotatable bonds is 7. The Morgan fingerprint density at radius 2 is 1.86 bits per heavy atom. The number of aromatic hydroxyl groups is 2. The molecule has 0 saturated heterocycles. The molecule has 0 saturated carbocycles. The summed E-state index contributed by atoms with van der Waals surface area (Å²) >= 11 is 0. The highest BCUT2D eigenvalue weighted by atomic mass is 32.2. The second-order valence-electron chi connectivity index (χ2n) is 6.90. The number of benzene rings is 2. The van der Waals surface area contributed by atoms with Crippen molar-refractivity contribution < 1.29 is 23.0 Å². The normalized spacial score (nSPS) is 11.6. The van der Waals surface area contributed by atoms with E-state index in [2.05, 4.69) is 6.92 Å². The highest BCUT2D eigenvalue weighted by Crippen LogP contribution is 2.45. The molecule has 3 rings (SSSR count). The quantitative estimate of drug-likeness (QED) is 0.530. The van der Waals surface area contributed by atoms with Crippen molar-refractivity contribution in [1.29, 1.82) is 0 Å². The molecule has 1 heterocycles. The molecule has 148 valence electrons. The number of aryl methyl sites for hydroxylation is 2. The van der Waals surface area contributed by atoms with Gasteiger partial charge in [0.1, 0.15) is 27.6 Å². The highest BCUT2D eigenvalue weighted by Gasteiger charge is 2.30. The predicted molar refractivity (Wildman–Crippen MR) is 107 cm³/mol. The lowest BCUT2D eigenvalue weighted by atomic mass is 9.97. The van der Waals surface area contributed by atoms with Gasteiger partial charge in [0.15, 0.2) is 0 Å². The Kier molecular flexibility index (Phi) is 5.79. The highest BCUT2D eigenvalue weighted by molar-refractivity contribution is 7.91. The van der Waals surface area contributed by atoms with Crippen LogP contribution in [0, 0.1) is 6.92 Å². The molecule has 2 N–H and O–H groups in total. The van der Waals surface area contributed by atoms with E-state index in [0.29, 0.717) is 17.5 Å². The van der Waals surface area contributed by atoms with Crippen LogP contribution in [0.15, 0.2) is 63.1 Å². The van der Waals surface area contributed by atoms with Crippen molar-refractivity contribution in [2.45, 2.75) is 49.3 Å². The molecule has 0 spiro atoms. The fourth-order valence-corrected chi connectivity index (χ4v) is 4.86. The summed E-state index contributed by atoms with van der Waals surface area (Å²) in [5.74, 6) is -0.570. The number of hydrogen-bond acceptors (Lipinski definition) is 5. The van der Waals surface area contributed by atoms with Gasteiger partial charge in [-0.05, 0) is 43.0 Å². The Hall–Kier alpha value is -2.73. The third-order valence-corrected chi connectivity index (χ3v) is 6.59. The molecule has 2 aromatic carbocycles. The van der Waals surface area contributed by atoms with Gasteiger partial charge in [0.2, 0.25) is 9.84 Å². The van der Waals surface area contributed by atoms with Crippen LogP contribution in [0.5, 0.6) is 11.5 Å². The maximum absolute atomic E-state index is 13.2. The largest absolute Gasteiger partial charge is 0.507 e. The SMILES string of the molecule is CCCCCc1cc(O)c(-c2cccc(C)c2)c(O)c1S(=O)(=O)c1ccoc1. The van der Waals surface area contributed by atoms with E-state index in [1.165, 1.54) is 18.4 Å². The molecule has 0 unspecified atom stereocenters. The molecule has 28 heavy (non-hydrogen) atoms. The molecule has 0 atom stereocenters. The summed E-state index contributed by atoms with van der Waals surface area (Å²) in [5, 5.41) is 21.6. The van der Waals surface area contributed by atoms with Crippen LogP contribution in [0.4, 0.5) is 0 Å². The van der Waals surface area contributed by atoms with E-state index in [0.717, 1.165) is 31.1 Å². The summed E-state index contributed by atoms with van der Waals surface area (Å²) in [5.41, 5.74) is 2.01. The zero-order chi connectivity index (χ0) is 20.3. The molecule has 0 aliphatic rings. The van der Waals surface area contributed by atoms with Crippen LogP contribution in [0.25, 0.3) is 11.1 Å². The second-order valence-corrected chi connectivity index (χ2v) is 8.78. The average Bonchev–Trinajstić information content (AvgIpc) is 3.17. The van der Waals surface area contributed by atoms with E-state index in [-0.39, 0.29) is 21.1 Å². The molecular formula is C22H24O5S. The number of hydrogen-bond donors (Lipinski definition) is 2. The number of phenols is 2. The van der Waals surface area contributed by atoms with Gasteiger partial charge < -0.3 is 14.6 Å². The minimum atomic E-state index is -4.01. The Bertz CT molecular complexity index is 1070. The molecule has 0 aliphatic carbocycles. The summed E-state index contributed by atoms with van der Waals surface area (Å²) in [4.78, 5) is -0.195. The molecule has 0 aliphatic heterocycles. The van der Waals surface area contributed by atoms with E-state index in [9.17, 15) is 18.6 Å². The van der Waals surface area contributed by atoms with Gasteiger partial charge in [-0.15, -0.1) is 0 Å². The van der Waals surface area contributed by atoms with Crippen molar-refractivity contribution in [2.75, 3.05) is 0 Å². The Balaban J connectivity index is 2.26. The van der Waals surface area contributed by atoms with Crippen molar-refractivity contribution in [3.05, 3.63) is 60.1 Å². The summed E-state index contributed by atoms with van der Waals surface area (Å²) in [6.45, 7) is 3.94. The van der Waals surface area contributed by atoms with Crippen LogP contribution in [0.3, 0.4) is 0 Å². The minimum Gasteiger partial charge on any atom is -0.507 e. The molecular weight excluding hydrogens is 376 g/mol. The van der Waals surface area contributed by atoms with Crippen molar-refractivity contribution in [3.8, 4) is 22.6 Å². The maximum atomic E-state index is 13.2. The van der Waals surface area contributed by atoms with Crippen LogP contribution in [-0.2, 0) is 16.3 Å². The van der Waals surface area contributed by atoms with Crippen LogP contribution in [-0.4, -0.2) is 18.6 Å². The van der Waals surface area contributed by atoms with E-state index in [4.69, 9.17) is 4.42 Å². The van der Waals surface area contributed by atoms with Gasteiger partial charge in [0.05, 0.1) is 11.8 Å². The van der Waals surface area contributed by atoms with E-state index in [1.54, 1.807) is 18.2 Å². The van der Waals surface area contributed by atoms with Gasteiger partial charge in [0.25, 0.3) is 0 Å². The standard InChI is InChI=1S/C22H24O5S/c1-3-4-5-8-17-13-19(23)20(16-9-6-7-15(2)12-16)21(24)22(17)28(25,26)18-10-11-27-14-18/h6-7,9-14,23-24H,3-5,8H2,1-2H3. The Labute approximate surface area is 165 Å². The van der Waals surface area contributed by atoms with Crippen molar-refractivity contribution in [1.82, 2.24) is 0 Å². The summed E-state index contributed by atoms with van der Waals surface area (Å²) in [7, 11) is -4.01. The summed E-state index contributed by atoms with van der Waals surface area (Å²) in [6.07, 6.45) is 5.52. The van der Waals surface area contributed by atoms with Gasteiger partial charge in [-0.2, -0.15) is 0 Å². The number of furan rings is 1. The Morgan fingerprint density at radius 3 is 2.50 bits per heavy atom. The molecule has 0 amide bonds. The fraction of sp³-hybridized carbons (Fsp3) is 0.273. The van der Waals surface area contributed by atoms with E-state index >= 15 is 0 Å². The molecule has 3 aromatic rings. The van der Waals surface area contributed by atoms with Crippen LogP contribution in [0.1, 0.15) is 37.3 Å². The van der Waals surface area contributed by atoms with Crippen molar-refractivity contribution in [2.24, 2.45) is 0 Å². The first-order valence-corrected chi connectivity index (χ1v) is 10.8. The molecule has 0 fully saturated rings. The molecule has 0 bridgehead atoms. The lowest BCUT2D eigenvalue weighted by Crippen LogP contribution is -2.07. The minimum absolute atomic E-state index is 0.0274. The smallest absolute Gasteiger partial charge is 0.213 e.